The summed E-state index contributed by atoms with van der Waals surface area (Å²) in [7, 11) is 0. The largest absolute Gasteiger partial charge is 0.440 e. The number of nitrogens with one attached hydrogen (secondary N) is 1. The lowest BCUT2D eigenvalue weighted by atomic mass is 10.00. The molecule has 3 aromatic rings. The molecule has 8 nitrogen and oxygen atoms in total. The molecular weight excluding hydrogens is 404 g/mol. The number of hydrogen-bond donors (Lipinski definition) is 2. The van der Waals surface area contributed by atoms with Crippen LogP contribution in [0.2, 0.25) is 0 Å². The molecule has 0 aliphatic heterocycles. The Hall–Kier alpha value is -2.94. The number of hydrogen-bond acceptors (Lipinski definition) is 6. The van der Waals surface area contributed by atoms with Gasteiger partial charge in [0.1, 0.15) is 5.69 Å². The van der Waals surface area contributed by atoms with Gasteiger partial charge in [0.05, 0.1) is 0 Å². The molecule has 0 bridgehead atoms. The summed E-state index contributed by atoms with van der Waals surface area (Å²) in [5.74, 6) is 0.188. The highest BCUT2D eigenvalue weighted by molar-refractivity contribution is 9.10. The Balaban J connectivity index is 1.93. The van der Waals surface area contributed by atoms with Crippen LogP contribution < -0.4 is 5.73 Å². The van der Waals surface area contributed by atoms with Crippen LogP contribution in [0, 0.1) is 13.8 Å². The Kier molecular flexibility index (Phi) is 4.90. The average molecular weight is 419 g/mol. The summed E-state index contributed by atoms with van der Waals surface area (Å²) >= 11 is 3.37. The van der Waals surface area contributed by atoms with Gasteiger partial charge in [-0.3, -0.25) is 4.79 Å². The van der Waals surface area contributed by atoms with Crippen molar-refractivity contribution in [3.05, 3.63) is 57.0 Å². The van der Waals surface area contributed by atoms with Gasteiger partial charge in [0.25, 0.3) is 11.8 Å². The predicted octanol–water partition coefficient (Wildman–Crippen LogP) is 3.27. The molecule has 2 aromatic heterocycles. The van der Waals surface area contributed by atoms with Crippen LogP contribution in [-0.4, -0.2) is 27.1 Å². The number of halogens is 1. The van der Waals surface area contributed by atoms with E-state index in [4.69, 9.17) is 10.2 Å². The van der Waals surface area contributed by atoms with Gasteiger partial charge in [-0.25, -0.2) is 4.79 Å². The van der Waals surface area contributed by atoms with Crippen LogP contribution in [0.15, 0.2) is 33.2 Å². The maximum Gasteiger partial charge on any atom is 0.405 e. The molecule has 26 heavy (non-hydrogen) atoms. The minimum atomic E-state index is -0.932. The van der Waals surface area contributed by atoms with E-state index in [0.717, 1.165) is 4.47 Å². The topological polar surface area (TPSA) is 124 Å². The van der Waals surface area contributed by atoms with Gasteiger partial charge >= 0.3 is 6.09 Å². The molecule has 0 atom stereocenters. The number of aryl methyl sites for hydroxylation is 1. The van der Waals surface area contributed by atoms with Gasteiger partial charge in [0.15, 0.2) is 12.4 Å². The summed E-state index contributed by atoms with van der Waals surface area (Å²) in [5.41, 5.74) is 7.94. The van der Waals surface area contributed by atoms with E-state index in [2.05, 4.69) is 35.8 Å². The van der Waals surface area contributed by atoms with E-state index < -0.39 is 6.09 Å². The number of aromatic nitrogens is 3. The number of ketones is 1. The van der Waals surface area contributed by atoms with E-state index in [1.165, 1.54) is 0 Å². The van der Waals surface area contributed by atoms with Crippen molar-refractivity contribution in [3.8, 4) is 11.6 Å². The molecule has 9 heteroatoms. The van der Waals surface area contributed by atoms with Gasteiger partial charge in [-0.1, -0.05) is 28.1 Å². The number of carbonyl (C=O) groups is 2. The average Bonchev–Trinajstić information content (AvgIpc) is 3.17. The highest BCUT2D eigenvalue weighted by Gasteiger charge is 2.23. The number of H-pyrrole nitrogens is 1. The molecule has 0 unspecified atom stereocenters. The number of carbonyl (C=O) groups excluding carboxylic acids is 2. The van der Waals surface area contributed by atoms with Crippen molar-refractivity contribution >= 4 is 27.8 Å². The first-order valence-electron chi connectivity index (χ1n) is 7.61. The van der Waals surface area contributed by atoms with Gasteiger partial charge in [-0.2, -0.15) is 0 Å². The second kappa shape index (κ2) is 7.12. The maximum absolute atomic E-state index is 12.9. The lowest BCUT2D eigenvalue weighted by Crippen LogP contribution is -2.12. The van der Waals surface area contributed by atoms with Crippen molar-refractivity contribution in [2.75, 3.05) is 0 Å². The normalized spacial score (nSPS) is 10.7. The van der Waals surface area contributed by atoms with Crippen LogP contribution in [0.4, 0.5) is 4.79 Å². The molecule has 0 aliphatic rings. The zero-order chi connectivity index (χ0) is 18.8. The van der Waals surface area contributed by atoms with Crippen molar-refractivity contribution in [3.63, 3.8) is 0 Å². The number of aromatic amines is 1. The SMILES string of the molecule is Cc1[nH]c(-c2nnc(COC(N)=O)o2)c(C)c1C(=O)c1cccc(Br)c1. The first kappa shape index (κ1) is 17.9. The molecule has 0 spiro atoms. The van der Waals surface area contributed by atoms with E-state index in [1.807, 2.05) is 6.07 Å². The Bertz CT molecular complexity index is 993. The van der Waals surface area contributed by atoms with E-state index in [0.29, 0.717) is 28.1 Å². The van der Waals surface area contributed by atoms with Crippen LogP contribution in [0.1, 0.15) is 33.1 Å². The molecule has 1 aromatic carbocycles. The van der Waals surface area contributed by atoms with E-state index in [1.54, 1.807) is 32.0 Å². The minimum Gasteiger partial charge on any atom is -0.440 e. The predicted molar refractivity (Wildman–Crippen MR) is 95.5 cm³/mol. The third-order valence-electron chi connectivity index (χ3n) is 3.77. The third-order valence-corrected chi connectivity index (χ3v) is 4.26. The Labute approximate surface area is 156 Å². The zero-order valence-corrected chi connectivity index (χ0v) is 15.6. The quantitative estimate of drug-likeness (QED) is 0.612. The standard InChI is InChI=1S/C17H15BrN4O4/c1-8-13(15(23)10-4-3-5-11(18)6-10)9(2)20-14(8)16-22-21-12(26-16)7-25-17(19)24/h3-6,20H,7H2,1-2H3,(H2,19,24). The molecule has 3 N–H and O–H groups in total. The molecule has 0 radical (unpaired) electrons. The Morgan fingerprint density at radius 3 is 2.77 bits per heavy atom. The second-order valence-corrected chi connectivity index (χ2v) is 6.49. The second-order valence-electron chi connectivity index (χ2n) is 5.57. The van der Waals surface area contributed by atoms with Gasteiger partial charge in [0.2, 0.25) is 0 Å². The molecule has 1 amide bonds. The van der Waals surface area contributed by atoms with Gasteiger partial charge in [0, 0.05) is 21.3 Å². The molecule has 134 valence electrons. The van der Waals surface area contributed by atoms with Gasteiger partial charge in [-0.15, -0.1) is 10.2 Å². The number of ether oxygens (including phenoxy) is 1. The summed E-state index contributed by atoms with van der Waals surface area (Å²) < 4.78 is 10.9. The minimum absolute atomic E-state index is 0.102. The molecule has 0 fully saturated rings. The lowest BCUT2D eigenvalue weighted by Gasteiger charge is -2.03. The fourth-order valence-corrected chi connectivity index (χ4v) is 3.02. The van der Waals surface area contributed by atoms with Crippen molar-refractivity contribution in [2.24, 2.45) is 5.73 Å². The van der Waals surface area contributed by atoms with Crippen molar-refractivity contribution in [2.45, 2.75) is 20.5 Å². The molecule has 0 aliphatic carbocycles. The number of benzene rings is 1. The van der Waals surface area contributed by atoms with E-state index >= 15 is 0 Å². The first-order chi connectivity index (χ1) is 12.4. The molecule has 2 heterocycles. The zero-order valence-electron chi connectivity index (χ0n) is 14.0. The number of nitrogens with zero attached hydrogens (tertiary/aromatic N) is 2. The van der Waals surface area contributed by atoms with Crippen LogP contribution in [-0.2, 0) is 11.3 Å². The lowest BCUT2D eigenvalue weighted by molar-refractivity contribution is 0.103. The summed E-state index contributed by atoms with van der Waals surface area (Å²) in [4.78, 5) is 26.6. The molecular formula is C17H15BrN4O4. The van der Waals surface area contributed by atoms with Crippen molar-refractivity contribution in [1.82, 2.24) is 15.2 Å². The monoisotopic (exact) mass is 418 g/mol. The summed E-state index contributed by atoms with van der Waals surface area (Å²) in [6, 6.07) is 7.18. The van der Waals surface area contributed by atoms with Crippen LogP contribution >= 0.6 is 15.9 Å². The fourth-order valence-electron chi connectivity index (χ4n) is 2.62. The van der Waals surface area contributed by atoms with Crippen LogP contribution in [0.25, 0.3) is 11.6 Å². The van der Waals surface area contributed by atoms with Crippen LogP contribution in [0.5, 0.6) is 0 Å². The van der Waals surface area contributed by atoms with Gasteiger partial charge in [-0.05, 0) is 31.5 Å². The third kappa shape index (κ3) is 3.52. The highest BCUT2D eigenvalue weighted by atomic mass is 79.9. The van der Waals surface area contributed by atoms with Crippen molar-refractivity contribution in [1.29, 1.82) is 0 Å². The van der Waals surface area contributed by atoms with Crippen LogP contribution in [0.3, 0.4) is 0 Å². The summed E-state index contributed by atoms with van der Waals surface area (Å²) in [6.07, 6.45) is -0.932. The maximum atomic E-state index is 12.9. The Morgan fingerprint density at radius 1 is 1.31 bits per heavy atom. The van der Waals surface area contributed by atoms with Gasteiger partial charge < -0.3 is 19.9 Å². The number of amides is 1. The molecule has 0 saturated carbocycles. The number of nitrogens with two attached hydrogens (primary N) is 1. The number of primary amides is 1. The summed E-state index contributed by atoms with van der Waals surface area (Å²) in [5, 5.41) is 7.73. The highest BCUT2D eigenvalue weighted by Crippen LogP contribution is 2.29. The van der Waals surface area contributed by atoms with E-state index in [-0.39, 0.29) is 24.2 Å². The molecule has 3 rings (SSSR count). The van der Waals surface area contributed by atoms with Crippen molar-refractivity contribution < 1.29 is 18.7 Å². The van der Waals surface area contributed by atoms with E-state index in [9.17, 15) is 9.59 Å². The summed E-state index contributed by atoms with van der Waals surface area (Å²) in [6.45, 7) is 3.38. The Morgan fingerprint density at radius 2 is 2.08 bits per heavy atom. The first-order valence-corrected chi connectivity index (χ1v) is 8.40. The number of rotatable bonds is 5. The fraction of sp³-hybridized carbons (Fsp3) is 0.176. The molecule has 0 saturated heterocycles. The smallest absolute Gasteiger partial charge is 0.405 e.